The lowest BCUT2D eigenvalue weighted by atomic mass is 10.3. The van der Waals surface area contributed by atoms with Crippen molar-refractivity contribution in [2.24, 2.45) is 5.73 Å². The summed E-state index contributed by atoms with van der Waals surface area (Å²) in [5.74, 6) is -0.195. The normalized spacial score (nSPS) is 10.5. The van der Waals surface area contributed by atoms with Gasteiger partial charge in [-0.3, -0.25) is 9.48 Å². The summed E-state index contributed by atoms with van der Waals surface area (Å²) in [5.41, 5.74) is 5.91. The molecule has 0 aromatic carbocycles. The molecule has 0 aliphatic carbocycles. The van der Waals surface area contributed by atoms with Gasteiger partial charge in [-0.05, 0) is 12.8 Å². The number of nitrogens with zero attached hydrogens (tertiary/aromatic N) is 3. The summed E-state index contributed by atoms with van der Waals surface area (Å²) in [6.07, 6.45) is 3.81. The van der Waals surface area contributed by atoms with Crippen LogP contribution < -0.4 is 11.1 Å². The molecule has 0 atom stereocenters. The van der Waals surface area contributed by atoms with Crippen LogP contribution in [0.4, 0.5) is 0 Å². The molecule has 3 N–H and O–H groups in total. The van der Waals surface area contributed by atoms with Gasteiger partial charge >= 0.3 is 0 Å². The van der Waals surface area contributed by atoms with Gasteiger partial charge in [-0.1, -0.05) is 5.21 Å². The van der Waals surface area contributed by atoms with E-state index in [1.807, 2.05) is 6.20 Å². The van der Waals surface area contributed by atoms with Crippen LogP contribution in [0, 0.1) is 0 Å². The molecule has 0 aliphatic heterocycles. The van der Waals surface area contributed by atoms with Gasteiger partial charge < -0.3 is 15.8 Å². The summed E-state index contributed by atoms with van der Waals surface area (Å²) in [4.78, 5) is 10.9. The molecule has 1 amide bonds. The average molecular weight is 241 g/mol. The number of nitrogens with one attached hydrogen (secondary N) is 1. The van der Waals surface area contributed by atoms with E-state index in [1.165, 1.54) is 0 Å². The molecule has 0 fully saturated rings. The molecule has 1 aromatic rings. The van der Waals surface area contributed by atoms with Crippen LogP contribution in [0.5, 0.6) is 0 Å². The summed E-state index contributed by atoms with van der Waals surface area (Å²) < 4.78 is 6.72. The zero-order valence-corrected chi connectivity index (χ0v) is 10.1. The standard InChI is InChI=1S/C10H19N5O2/c1-17-5-3-2-4-15-8-9(13-14-15)7-12-10(16)6-11/h8H,2-7,11H2,1H3,(H,12,16). The number of unbranched alkanes of at least 4 members (excludes halogenated alkanes) is 1. The highest BCUT2D eigenvalue weighted by Gasteiger charge is 2.02. The minimum Gasteiger partial charge on any atom is -0.385 e. The molecule has 1 aromatic heterocycles. The highest BCUT2D eigenvalue weighted by molar-refractivity contribution is 5.77. The first-order valence-corrected chi connectivity index (χ1v) is 5.61. The molecule has 0 saturated heterocycles. The minimum atomic E-state index is -0.195. The van der Waals surface area contributed by atoms with Crippen molar-refractivity contribution in [2.75, 3.05) is 20.3 Å². The molecular formula is C10H19N5O2. The highest BCUT2D eigenvalue weighted by atomic mass is 16.5. The first-order valence-electron chi connectivity index (χ1n) is 5.61. The summed E-state index contributed by atoms with van der Waals surface area (Å²) in [6, 6.07) is 0. The van der Waals surface area contributed by atoms with Crippen LogP contribution in [0.2, 0.25) is 0 Å². The number of amides is 1. The maximum Gasteiger partial charge on any atom is 0.234 e. The number of ether oxygens (including phenoxy) is 1. The van der Waals surface area contributed by atoms with Crippen molar-refractivity contribution in [1.29, 1.82) is 0 Å². The van der Waals surface area contributed by atoms with Crippen LogP contribution in [-0.4, -0.2) is 41.2 Å². The lowest BCUT2D eigenvalue weighted by Crippen LogP contribution is -2.29. The van der Waals surface area contributed by atoms with Crippen molar-refractivity contribution in [2.45, 2.75) is 25.9 Å². The monoisotopic (exact) mass is 241 g/mol. The lowest BCUT2D eigenvalue weighted by Gasteiger charge is -2.00. The van der Waals surface area contributed by atoms with Crippen LogP contribution in [0.25, 0.3) is 0 Å². The van der Waals surface area contributed by atoms with Crippen molar-refractivity contribution < 1.29 is 9.53 Å². The predicted octanol–water partition coefficient (Wildman–Crippen LogP) is -0.720. The van der Waals surface area contributed by atoms with Crippen molar-refractivity contribution >= 4 is 5.91 Å². The van der Waals surface area contributed by atoms with Crippen LogP contribution in [-0.2, 0) is 22.6 Å². The smallest absolute Gasteiger partial charge is 0.234 e. The van der Waals surface area contributed by atoms with Crippen molar-refractivity contribution in [3.05, 3.63) is 11.9 Å². The van der Waals surface area contributed by atoms with E-state index < -0.39 is 0 Å². The Hall–Kier alpha value is -1.47. The molecule has 0 unspecified atom stereocenters. The molecule has 7 heteroatoms. The molecule has 17 heavy (non-hydrogen) atoms. The predicted molar refractivity (Wildman–Crippen MR) is 62.0 cm³/mol. The van der Waals surface area contributed by atoms with Gasteiger partial charge in [0, 0.05) is 20.3 Å². The maximum atomic E-state index is 10.9. The molecule has 0 saturated carbocycles. The van der Waals surface area contributed by atoms with Gasteiger partial charge in [-0.25, -0.2) is 0 Å². The Morgan fingerprint density at radius 1 is 1.59 bits per heavy atom. The summed E-state index contributed by atoms with van der Waals surface area (Å²) in [6.45, 7) is 1.93. The van der Waals surface area contributed by atoms with Gasteiger partial charge in [0.2, 0.25) is 5.91 Å². The van der Waals surface area contributed by atoms with Gasteiger partial charge in [0.1, 0.15) is 5.69 Å². The van der Waals surface area contributed by atoms with E-state index in [1.54, 1.807) is 11.8 Å². The Balaban J connectivity index is 2.25. The maximum absolute atomic E-state index is 10.9. The Labute approximate surface area is 100 Å². The van der Waals surface area contributed by atoms with Crippen LogP contribution in [0.1, 0.15) is 18.5 Å². The Bertz CT molecular complexity index is 339. The fourth-order valence-corrected chi connectivity index (χ4v) is 1.31. The molecule has 7 nitrogen and oxygen atoms in total. The number of aromatic nitrogens is 3. The zero-order chi connectivity index (χ0) is 12.5. The summed E-state index contributed by atoms with van der Waals surface area (Å²) >= 11 is 0. The van der Waals surface area contributed by atoms with E-state index in [0.717, 1.165) is 31.7 Å². The molecule has 0 bridgehead atoms. The van der Waals surface area contributed by atoms with Gasteiger partial charge in [0.05, 0.1) is 19.3 Å². The first kappa shape index (κ1) is 13.6. The second-order valence-corrected chi connectivity index (χ2v) is 3.65. The zero-order valence-electron chi connectivity index (χ0n) is 10.1. The number of carbonyl (C=O) groups excluding carboxylic acids is 1. The highest BCUT2D eigenvalue weighted by Crippen LogP contribution is 1.97. The number of hydrogen-bond acceptors (Lipinski definition) is 5. The van der Waals surface area contributed by atoms with Crippen LogP contribution in [0.15, 0.2) is 6.20 Å². The Morgan fingerprint density at radius 3 is 3.12 bits per heavy atom. The third-order valence-electron chi connectivity index (χ3n) is 2.22. The molecule has 0 aliphatic rings. The largest absolute Gasteiger partial charge is 0.385 e. The minimum absolute atomic E-state index is 0.00877. The fourth-order valence-electron chi connectivity index (χ4n) is 1.31. The van der Waals surface area contributed by atoms with E-state index >= 15 is 0 Å². The fraction of sp³-hybridized carbons (Fsp3) is 0.700. The van der Waals surface area contributed by atoms with Gasteiger partial charge in [-0.15, -0.1) is 5.10 Å². The van der Waals surface area contributed by atoms with E-state index in [-0.39, 0.29) is 12.5 Å². The second kappa shape index (κ2) is 7.75. The van der Waals surface area contributed by atoms with Gasteiger partial charge in [0.15, 0.2) is 0 Å². The second-order valence-electron chi connectivity index (χ2n) is 3.65. The third kappa shape index (κ3) is 5.41. The lowest BCUT2D eigenvalue weighted by molar-refractivity contribution is -0.119. The van der Waals surface area contributed by atoms with Gasteiger partial charge in [0.25, 0.3) is 0 Å². The van der Waals surface area contributed by atoms with Crippen molar-refractivity contribution in [3.63, 3.8) is 0 Å². The summed E-state index contributed by atoms with van der Waals surface area (Å²) in [7, 11) is 1.69. The van der Waals surface area contributed by atoms with Crippen LogP contribution >= 0.6 is 0 Å². The Morgan fingerprint density at radius 2 is 2.41 bits per heavy atom. The molecule has 1 heterocycles. The number of methoxy groups -OCH3 is 1. The van der Waals surface area contributed by atoms with Crippen molar-refractivity contribution in [1.82, 2.24) is 20.3 Å². The quantitative estimate of drug-likeness (QED) is 0.586. The SMILES string of the molecule is COCCCCn1cc(CNC(=O)CN)nn1. The molecular weight excluding hydrogens is 222 g/mol. The molecule has 0 spiro atoms. The summed E-state index contributed by atoms with van der Waals surface area (Å²) in [5, 5.41) is 10.5. The van der Waals surface area contributed by atoms with Gasteiger partial charge in [-0.2, -0.15) is 0 Å². The first-order chi connectivity index (χ1) is 8.26. The molecule has 0 radical (unpaired) electrons. The number of hydrogen-bond donors (Lipinski definition) is 2. The number of carbonyl (C=O) groups is 1. The number of nitrogens with two attached hydrogens (primary N) is 1. The molecule has 1 rings (SSSR count). The van der Waals surface area contributed by atoms with E-state index in [9.17, 15) is 4.79 Å². The van der Waals surface area contributed by atoms with E-state index in [0.29, 0.717) is 6.54 Å². The van der Waals surface area contributed by atoms with E-state index in [2.05, 4.69) is 15.6 Å². The molecule has 96 valence electrons. The van der Waals surface area contributed by atoms with E-state index in [4.69, 9.17) is 10.5 Å². The third-order valence-corrected chi connectivity index (χ3v) is 2.22. The van der Waals surface area contributed by atoms with Crippen molar-refractivity contribution in [3.8, 4) is 0 Å². The number of rotatable bonds is 8. The average Bonchev–Trinajstić information content (AvgIpc) is 2.79. The topological polar surface area (TPSA) is 95.1 Å². The Kier molecular flexibility index (Phi) is 6.19. The number of aryl methyl sites for hydroxylation is 1. The van der Waals surface area contributed by atoms with Crippen LogP contribution in [0.3, 0.4) is 0 Å².